The summed E-state index contributed by atoms with van der Waals surface area (Å²) in [5.41, 5.74) is 1.10. The van der Waals surface area contributed by atoms with Gasteiger partial charge in [0.2, 0.25) is 0 Å². The van der Waals surface area contributed by atoms with Gasteiger partial charge in [-0.3, -0.25) is 9.69 Å². The van der Waals surface area contributed by atoms with Crippen molar-refractivity contribution in [3.05, 3.63) is 58.3 Å². The summed E-state index contributed by atoms with van der Waals surface area (Å²) in [4.78, 5) is 17.4. The number of carbonyl (C=O) groups is 1. The van der Waals surface area contributed by atoms with E-state index in [-0.39, 0.29) is 11.9 Å². The van der Waals surface area contributed by atoms with Gasteiger partial charge in [0, 0.05) is 4.88 Å². The minimum absolute atomic E-state index is 0.0837. The molecule has 1 amide bonds. The molecule has 0 spiro atoms. The molecule has 3 nitrogen and oxygen atoms in total. The molecule has 0 N–H and O–H groups in total. The van der Waals surface area contributed by atoms with E-state index in [0.717, 1.165) is 5.56 Å². The quantitative estimate of drug-likeness (QED) is 0.809. The second-order valence-electron chi connectivity index (χ2n) is 5.08. The normalized spacial score (nSPS) is 18.6. The summed E-state index contributed by atoms with van der Waals surface area (Å²) in [6.07, 6.45) is 0. The van der Waals surface area contributed by atoms with Crippen LogP contribution in [0, 0.1) is 0 Å². The molecule has 1 atom stereocenters. The summed E-state index contributed by atoms with van der Waals surface area (Å²) in [6, 6.07) is 13.9. The molecule has 0 saturated carbocycles. The monoisotopic (exact) mass is 316 g/mol. The van der Waals surface area contributed by atoms with Crippen LogP contribution in [0.2, 0.25) is 0 Å². The van der Waals surface area contributed by atoms with Gasteiger partial charge in [-0.05, 0) is 36.2 Å². The van der Waals surface area contributed by atoms with E-state index in [2.05, 4.69) is 6.07 Å². The lowest BCUT2D eigenvalue weighted by Crippen LogP contribution is -2.32. The Labute approximate surface area is 133 Å². The van der Waals surface area contributed by atoms with Crippen LogP contribution in [0.3, 0.4) is 0 Å². The Morgan fingerprint density at radius 3 is 2.57 bits per heavy atom. The molecule has 2 heterocycles. The molecule has 1 fully saturated rings. The summed E-state index contributed by atoms with van der Waals surface area (Å²) < 4.78 is 0. The highest BCUT2D eigenvalue weighted by atomic mass is 32.1. The number of rotatable bonds is 4. The Balaban J connectivity index is 1.77. The predicted octanol–water partition coefficient (Wildman–Crippen LogP) is 3.27. The van der Waals surface area contributed by atoms with Gasteiger partial charge in [0.25, 0.3) is 5.91 Å². The molecular weight excluding hydrogens is 300 g/mol. The van der Waals surface area contributed by atoms with Gasteiger partial charge in [0.1, 0.15) is 6.04 Å². The largest absolute Gasteiger partial charge is 0.332 e. The van der Waals surface area contributed by atoms with Crippen molar-refractivity contribution in [2.45, 2.75) is 26.1 Å². The molecular formula is C16H16N2OS2. The van der Waals surface area contributed by atoms with E-state index < -0.39 is 0 Å². The number of amides is 1. The third-order valence-electron chi connectivity index (χ3n) is 3.66. The topological polar surface area (TPSA) is 23.6 Å². The van der Waals surface area contributed by atoms with E-state index >= 15 is 0 Å². The Kier molecular flexibility index (Phi) is 4.03. The molecule has 0 radical (unpaired) electrons. The molecule has 0 bridgehead atoms. The Hall–Kier alpha value is -1.72. The standard InChI is InChI=1S/C16H16N2OS2/c1-12-15(19)18(10-13-6-3-2-4-7-13)16(20)17(12)11-14-8-5-9-21-14/h2-9,12H,10-11H2,1H3/t12-/m0/s1. The molecule has 3 rings (SSSR count). The van der Waals surface area contributed by atoms with Crippen molar-refractivity contribution in [2.75, 3.05) is 0 Å². The molecule has 1 aliphatic rings. The zero-order valence-corrected chi connectivity index (χ0v) is 13.4. The lowest BCUT2D eigenvalue weighted by Gasteiger charge is -2.21. The fourth-order valence-corrected chi connectivity index (χ4v) is 3.54. The zero-order chi connectivity index (χ0) is 14.8. The van der Waals surface area contributed by atoms with Gasteiger partial charge < -0.3 is 4.90 Å². The van der Waals surface area contributed by atoms with Crippen LogP contribution in [0.5, 0.6) is 0 Å². The lowest BCUT2D eigenvalue weighted by atomic mass is 10.2. The molecule has 0 unspecified atom stereocenters. The van der Waals surface area contributed by atoms with Crippen LogP contribution in [-0.4, -0.2) is 26.9 Å². The van der Waals surface area contributed by atoms with Crippen LogP contribution >= 0.6 is 23.6 Å². The molecule has 108 valence electrons. The van der Waals surface area contributed by atoms with Crippen molar-refractivity contribution in [1.82, 2.24) is 9.80 Å². The minimum Gasteiger partial charge on any atom is -0.332 e. The number of nitrogens with zero attached hydrogens (tertiary/aromatic N) is 2. The first-order valence-corrected chi connectivity index (χ1v) is 8.14. The van der Waals surface area contributed by atoms with Crippen LogP contribution in [0.4, 0.5) is 0 Å². The van der Waals surface area contributed by atoms with E-state index in [0.29, 0.717) is 18.2 Å². The second-order valence-corrected chi connectivity index (χ2v) is 6.47. The maximum Gasteiger partial charge on any atom is 0.251 e. The summed E-state index contributed by atoms with van der Waals surface area (Å²) in [7, 11) is 0. The molecule has 0 aliphatic carbocycles. The van der Waals surface area contributed by atoms with Gasteiger partial charge in [0.05, 0.1) is 13.1 Å². The smallest absolute Gasteiger partial charge is 0.251 e. The van der Waals surface area contributed by atoms with Crippen molar-refractivity contribution >= 4 is 34.6 Å². The highest BCUT2D eigenvalue weighted by Gasteiger charge is 2.39. The summed E-state index contributed by atoms with van der Waals surface area (Å²) in [6.45, 7) is 3.17. The highest BCUT2D eigenvalue weighted by Crippen LogP contribution is 2.24. The van der Waals surface area contributed by atoms with Crippen molar-refractivity contribution in [1.29, 1.82) is 0 Å². The summed E-state index contributed by atoms with van der Waals surface area (Å²) in [5, 5.41) is 2.67. The third kappa shape index (κ3) is 2.84. The van der Waals surface area contributed by atoms with Crippen LogP contribution in [-0.2, 0) is 17.9 Å². The van der Waals surface area contributed by atoms with E-state index in [9.17, 15) is 4.79 Å². The summed E-state index contributed by atoms with van der Waals surface area (Å²) in [5.74, 6) is 0.0837. The average Bonchev–Trinajstić information content (AvgIpc) is 3.08. The molecule has 5 heteroatoms. The second kappa shape index (κ2) is 5.95. The van der Waals surface area contributed by atoms with Gasteiger partial charge in [-0.2, -0.15) is 0 Å². The van der Waals surface area contributed by atoms with Crippen LogP contribution < -0.4 is 0 Å². The van der Waals surface area contributed by atoms with Crippen LogP contribution in [0.15, 0.2) is 47.8 Å². The number of benzene rings is 1. The number of carbonyl (C=O) groups excluding carboxylic acids is 1. The fraction of sp³-hybridized carbons (Fsp3) is 0.250. The van der Waals surface area contributed by atoms with E-state index in [4.69, 9.17) is 12.2 Å². The number of hydrogen-bond donors (Lipinski definition) is 0. The highest BCUT2D eigenvalue weighted by molar-refractivity contribution is 7.80. The SMILES string of the molecule is C[C@H]1C(=O)N(Cc2ccccc2)C(=S)N1Cc1cccs1. The number of thiophene rings is 1. The first-order chi connectivity index (χ1) is 10.2. The fourth-order valence-electron chi connectivity index (χ4n) is 2.46. The average molecular weight is 316 g/mol. The van der Waals surface area contributed by atoms with Gasteiger partial charge >= 0.3 is 0 Å². The van der Waals surface area contributed by atoms with Crippen molar-refractivity contribution in [2.24, 2.45) is 0 Å². The van der Waals surface area contributed by atoms with Crippen LogP contribution in [0.25, 0.3) is 0 Å². The maximum absolute atomic E-state index is 12.5. The molecule has 1 aromatic heterocycles. The number of thiocarbonyl (C=S) groups is 1. The van der Waals surface area contributed by atoms with Gasteiger partial charge in [-0.25, -0.2) is 0 Å². The first kappa shape index (κ1) is 14.2. The minimum atomic E-state index is -0.191. The Morgan fingerprint density at radius 1 is 1.14 bits per heavy atom. The van der Waals surface area contributed by atoms with E-state index in [1.807, 2.05) is 53.6 Å². The van der Waals surface area contributed by atoms with Crippen LogP contribution in [0.1, 0.15) is 17.4 Å². The van der Waals surface area contributed by atoms with Crippen molar-refractivity contribution < 1.29 is 4.79 Å². The summed E-state index contributed by atoms with van der Waals surface area (Å²) >= 11 is 7.21. The third-order valence-corrected chi connectivity index (χ3v) is 4.97. The molecule has 1 aromatic carbocycles. The zero-order valence-electron chi connectivity index (χ0n) is 11.7. The maximum atomic E-state index is 12.5. The van der Waals surface area contributed by atoms with Crippen molar-refractivity contribution in [3.63, 3.8) is 0 Å². The van der Waals surface area contributed by atoms with Crippen molar-refractivity contribution in [3.8, 4) is 0 Å². The molecule has 2 aromatic rings. The molecule has 1 aliphatic heterocycles. The molecule has 1 saturated heterocycles. The predicted molar refractivity (Wildman–Crippen MR) is 88.9 cm³/mol. The first-order valence-electron chi connectivity index (χ1n) is 6.85. The van der Waals surface area contributed by atoms with Gasteiger partial charge in [0.15, 0.2) is 5.11 Å². The van der Waals surface area contributed by atoms with Gasteiger partial charge in [-0.1, -0.05) is 36.4 Å². The van der Waals surface area contributed by atoms with E-state index in [1.54, 1.807) is 16.2 Å². The molecule has 21 heavy (non-hydrogen) atoms. The van der Waals surface area contributed by atoms with E-state index in [1.165, 1.54) is 4.88 Å². The number of hydrogen-bond acceptors (Lipinski definition) is 3. The Morgan fingerprint density at radius 2 is 1.90 bits per heavy atom. The van der Waals surface area contributed by atoms with Gasteiger partial charge in [-0.15, -0.1) is 11.3 Å². The lowest BCUT2D eigenvalue weighted by molar-refractivity contribution is -0.128. The Bertz CT molecular complexity index is 640.